The number of carbonyl (C=O) groups excluding carboxylic acids is 1. The van der Waals surface area contributed by atoms with E-state index in [-0.39, 0.29) is 24.2 Å². The summed E-state index contributed by atoms with van der Waals surface area (Å²) in [5.74, 6) is 0.634. The number of aromatic nitrogens is 2. The number of halogens is 3. The van der Waals surface area contributed by atoms with Gasteiger partial charge in [-0.3, -0.25) is 4.79 Å². The van der Waals surface area contributed by atoms with Gasteiger partial charge in [0.15, 0.2) is 0 Å². The topological polar surface area (TPSA) is 59.2 Å². The molecule has 0 aliphatic rings. The zero-order chi connectivity index (χ0) is 18.6. The van der Waals surface area contributed by atoms with Crippen LogP contribution in [0.5, 0.6) is 0 Å². The summed E-state index contributed by atoms with van der Waals surface area (Å²) in [7, 11) is 0. The second kappa shape index (κ2) is 7.38. The molecule has 0 saturated carbocycles. The Bertz CT molecular complexity index is 774. The van der Waals surface area contributed by atoms with Crippen molar-refractivity contribution in [2.24, 2.45) is 5.92 Å². The third-order valence-electron chi connectivity index (χ3n) is 3.34. The Morgan fingerprint density at radius 3 is 2.44 bits per heavy atom. The van der Waals surface area contributed by atoms with Crippen LogP contribution in [0.2, 0.25) is 0 Å². The molecule has 1 aromatic carbocycles. The van der Waals surface area contributed by atoms with Crippen molar-refractivity contribution in [3.63, 3.8) is 0 Å². The summed E-state index contributed by atoms with van der Waals surface area (Å²) in [6.07, 6.45) is 0.613. The Morgan fingerprint density at radius 2 is 1.96 bits per heavy atom. The van der Waals surface area contributed by atoms with E-state index in [0.29, 0.717) is 12.1 Å². The fraction of sp³-hybridized carbons (Fsp3) is 0.353. The van der Waals surface area contributed by atoms with E-state index in [1.807, 2.05) is 0 Å². The molecule has 0 unspecified atom stereocenters. The van der Waals surface area contributed by atoms with E-state index in [9.17, 15) is 18.0 Å². The van der Waals surface area contributed by atoms with E-state index in [0.717, 1.165) is 5.56 Å². The van der Waals surface area contributed by atoms with Crippen molar-refractivity contribution in [1.29, 1.82) is 0 Å². The number of nitrogens with zero attached hydrogens (tertiary/aromatic N) is 3. The summed E-state index contributed by atoms with van der Waals surface area (Å²) in [4.78, 5) is 17.0. The third kappa shape index (κ3) is 4.59. The van der Waals surface area contributed by atoms with Crippen molar-refractivity contribution in [3.05, 3.63) is 35.7 Å². The lowest BCUT2D eigenvalue weighted by atomic mass is 10.1. The lowest BCUT2D eigenvalue weighted by Crippen LogP contribution is -2.34. The van der Waals surface area contributed by atoms with Crippen LogP contribution in [0.1, 0.15) is 25.3 Å². The fourth-order valence-electron chi connectivity index (χ4n) is 2.12. The highest BCUT2D eigenvalue weighted by atomic mass is 19.4. The van der Waals surface area contributed by atoms with Crippen LogP contribution >= 0.6 is 0 Å². The van der Waals surface area contributed by atoms with Crippen molar-refractivity contribution in [2.75, 3.05) is 6.54 Å². The first-order valence-electron chi connectivity index (χ1n) is 7.45. The van der Waals surface area contributed by atoms with Gasteiger partial charge in [0.1, 0.15) is 0 Å². The van der Waals surface area contributed by atoms with E-state index in [1.165, 1.54) is 4.90 Å². The Balaban J connectivity index is 2.15. The molecule has 132 valence electrons. The smallest absolute Gasteiger partial charge is 0.329 e. The van der Waals surface area contributed by atoms with Gasteiger partial charge in [-0.1, -0.05) is 49.2 Å². The van der Waals surface area contributed by atoms with Crippen LogP contribution in [0, 0.1) is 18.3 Å². The number of amides is 1. The van der Waals surface area contributed by atoms with Gasteiger partial charge in [-0.15, -0.1) is 6.42 Å². The van der Waals surface area contributed by atoms with Gasteiger partial charge < -0.3 is 9.42 Å². The molecular formula is C17H16F3N3O2. The molecule has 1 aromatic heterocycles. The summed E-state index contributed by atoms with van der Waals surface area (Å²) in [6, 6.07) is 6.48. The average molecular weight is 351 g/mol. The normalized spacial score (nSPS) is 11.4. The number of hydrogen-bond donors (Lipinski definition) is 0. The van der Waals surface area contributed by atoms with Crippen LogP contribution in [0.25, 0.3) is 11.4 Å². The number of carbonyl (C=O) groups is 1. The number of alkyl halides is 3. The van der Waals surface area contributed by atoms with Gasteiger partial charge in [0.05, 0.1) is 6.54 Å². The summed E-state index contributed by atoms with van der Waals surface area (Å²) < 4.78 is 41.7. The maximum Gasteiger partial charge on any atom is 0.471 e. The molecule has 0 bridgehead atoms. The lowest BCUT2D eigenvalue weighted by Gasteiger charge is -2.22. The van der Waals surface area contributed by atoms with Crippen LogP contribution in [-0.4, -0.2) is 27.5 Å². The molecule has 2 rings (SSSR count). The number of benzene rings is 1. The highest BCUT2D eigenvalue weighted by Crippen LogP contribution is 2.29. The second-order valence-electron chi connectivity index (χ2n) is 5.67. The summed E-state index contributed by atoms with van der Waals surface area (Å²) in [6.45, 7) is 4.05. The molecule has 0 N–H and O–H groups in total. The molecule has 25 heavy (non-hydrogen) atoms. The van der Waals surface area contributed by atoms with Gasteiger partial charge >= 0.3 is 12.1 Å². The van der Waals surface area contributed by atoms with E-state index in [1.54, 1.807) is 38.1 Å². The van der Waals surface area contributed by atoms with Crippen molar-refractivity contribution < 1.29 is 22.5 Å². The Labute approximate surface area is 142 Å². The lowest BCUT2D eigenvalue weighted by molar-refractivity contribution is -0.159. The van der Waals surface area contributed by atoms with Gasteiger partial charge in [0.2, 0.25) is 11.7 Å². The van der Waals surface area contributed by atoms with Crippen molar-refractivity contribution >= 4 is 5.91 Å². The van der Waals surface area contributed by atoms with Crippen molar-refractivity contribution in [3.8, 4) is 23.7 Å². The van der Waals surface area contributed by atoms with Crippen LogP contribution in [0.4, 0.5) is 13.2 Å². The number of hydrogen-bond acceptors (Lipinski definition) is 4. The van der Waals surface area contributed by atoms with Crippen LogP contribution in [-0.2, 0) is 17.5 Å². The molecule has 1 heterocycles. The minimum absolute atomic E-state index is 0.0741. The maximum absolute atomic E-state index is 12.5. The molecule has 0 spiro atoms. The molecular weight excluding hydrogens is 335 g/mol. The zero-order valence-electron chi connectivity index (χ0n) is 13.7. The Kier molecular flexibility index (Phi) is 5.47. The summed E-state index contributed by atoms with van der Waals surface area (Å²) in [5, 5.41) is 3.33. The van der Waals surface area contributed by atoms with Gasteiger partial charge in [0.25, 0.3) is 0 Å². The second-order valence-corrected chi connectivity index (χ2v) is 5.67. The number of terminal acetylenes is 1. The van der Waals surface area contributed by atoms with Gasteiger partial charge in [-0.05, 0) is 5.56 Å². The quantitative estimate of drug-likeness (QED) is 0.775. The first-order valence-corrected chi connectivity index (χ1v) is 7.45. The SMILES string of the molecule is C#CCN(Cc1ccc(-c2noc(C(F)(F)F)n2)cc1)C(=O)C(C)C. The Hall–Kier alpha value is -2.82. The summed E-state index contributed by atoms with van der Waals surface area (Å²) >= 11 is 0. The first kappa shape index (κ1) is 18.5. The molecule has 0 fully saturated rings. The van der Waals surface area contributed by atoms with Crippen molar-refractivity contribution in [2.45, 2.75) is 26.6 Å². The molecule has 5 nitrogen and oxygen atoms in total. The molecule has 0 aliphatic carbocycles. The summed E-state index contributed by atoms with van der Waals surface area (Å²) in [5.41, 5.74) is 1.16. The van der Waals surface area contributed by atoms with Crippen LogP contribution in [0.3, 0.4) is 0 Å². The molecule has 0 saturated heterocycles. The molecule has 0 atom stereocenters. The molecule has 8 heteroatoms. The Morgan fingerprint density at radius 1 is 1.32 bits per heavy atom. The molecule has 2 aromatic rings. The highest BCUT2D eigenvalue weighted by molar-refractivity contribution is 5.78. The fourth-order valence-corrected chi connectivity index (χ4v) is 2.12. The minimum Gasteiger partial charge on any atom is -0.329 e. The predicted octanol–water partition coefficient (Wildman–Crippen LogP) is 3.37. The highest BCUT2D eigenvalue weighted by Gasteiger charge is 2.38. The first-order chi connectivity index (χ1) is 11.7. The van der Waals surface area contributed by atoms with Crippen LogP contribution < -0.4 is 0 Å². The van der Waals surface area contributed by atoms with Crippen LogP contribution in [0.15, 0.2) is 28.8 Å². The standard InChI is InChI=1S/C17H16F3N3O2/c1-4-9-23(15(24)11(2)3)10-12-5-7-13(8-6-12)14-21-16(25-22-14)17(18,19)20/h1,5-8,11H,9-10H2,2-3H3. The van der Waals surface area contributed by atoms with Gasteiger partial charge in [-0.2, -0.15) is 18.2 Å². The van der Waals surface area contributed by atoms with E-state index < -0.39 is 12.1 Å². The van der Waals surface area contributed by atoms with E-state index in [2.05, 4.69) is 20.6 Å². The van der Waals surface area contributed by atoms with Gasteiger partial charge in [-0.25, -0.2) is 0 Å². The molecule has 0 radical (unpaired) electrons. The zero-order valence-corrected chi connectivity index (χ0v) is 13.7. The van der Waals surface area contributed by atoms with Gasteiger partial charge in [0, 0.05) is 18.0 Å². The van der Waals surface area contributed by atoms with E-state index >= 15 is 0 Å². The molecule has 0 aliphatic heterocycles. The largest absolute Gasteiger partial charge is 0.471 e. The minimum atomic E-state index is -4.68. The predicted molar refractivity (Wildman–Crippen MR) is 83.8 cm³/mol. The third-order valence-corrected chi connectivity index (χ3v) is 3.34. The van der Waals surface area contributed by atoms with E-state index in [4.69, 9.17) is 6.42 Å². The maximum atomic E-state index is 12.5. The van der Waals surface area contributed by atoms with Crippen molar-refractivity contribution in [1.82, 2.24) is 15.0 Å². The average Bonchev–Trinajstić information content (AvgIpc) is 3.04. The number of rotatable bonds is 5. The molecule has 1 amide bonds. The monoisotopic (exact) mass is 351 g/mol.